The van der Waals surface area contributed by atoms with Crippen molar-refractivity contribution in [1.82, 2.24) is 0 Å². The fourth-order valence-corrected chi connectivity index (χ4v) is 5.34. The van der Waals surface area contributed by atoms with Gasteiger partial charge in [0.2, 0.25) is 0 Å². The molecule has 0 aliphatic heterocycles. The molecule has 1 spiro atoms. The van der Waals surface area contributed by atoms with E-state index in [1.165, 1.54) is 25.7 Å². The Morgan fingerprint density at radius 1 is 1.27 bits per heavy atom. The second-order valence-corrected chi connectivity index (χ2v) is 7.21. The molecule has 0 aromatic rings. The molecule has 0 amide bonds. The van der Waals surface area contributed by atoms with Crippen molar-refractivity contribution in [2.45, 2.75) is 53.4 Å². The van der Waals surface area contributed by atoms with Crippen LogP contribution in [0.25, 0.3) is 0 Å². The van der Waals surface area contributed by atoms with E-state index in [1.54, 1.807) is 5.57 Å². The van der Waals surface area contributed by atoms with Crippen LogP contribution in [0.2, 0.25) is 0 Å². The van der Waals surface area contributed by atoms with Crippen LogP contribution in [0, 0.1) is 28.6 Å². The van der Waals surface area contributed by atoms with E-state index in [0.717, 1.165) is 17.8 Å². The standard InChI is InChI=1S/C15H24/c1-10-7-12-8-14(3,4)9-15(12)11(2)5-6-13(10)15/h7,11-13H,5-6,8-9H2,1-4H3/t11-,12+,13-,15?/m0/s1. The maximum atomic E-state index is 2.63. The smallest absolute Gasteiger partial charge is 0.0138 e. The molecule has 0 radical (unpaired) electrons. The molecule has 0 aromatic carbocycles. The van der Waals surface area contributed by atoms with Crippen LogP contribution >= 0.6 is 0 Å². The van der Waals surface area contributed by atoms with Crippen molar-refractivity contribution >= 4 is 0 Å². The Morgan fingerprint density at radius 2 is 2.00 bits per heavy atom. The van der Waals surface area contributed by atoms with Gasteiger partial charge in [-0.1, -0.05) is 32.4 Å². The molecule has 15 heavy (non-hydrogen) atoms. The summed E-state index contributed by atoms with van der Waals surface area (Å²) in [6.07, 6.45) is 8.49. The Hall–Kier alpha value is -0.260. The first kappa shape index (κ1) is 9.93. The molecule has 2 fully saturated rings. The van der Waals surface area contributed by atoms with Gasteiger partial charge in [0.15, 0.2) is 0 Å². The predicted molar refractivity (Wildman–Crippen MR) is 64.6 cm³/mol. The zero-order chi connectivity index (χ0) is 10.8. The average Bonchev–Trinajstić information content (AvgIpc) is 2.61. The second kappa shape index (κ2) is 2.70. The zero-order valence-corrected chi connectivity index (χ0v) is 10.6. The minimum Gasteiger partial charge on any atom is -0.0816 e. The van der Waals surface area contributed by atoms with Crippen molar-refractivity contribution in [3.05, 3.63) is 11.6 Å². The lowest BCUT2D eigenvalue weighted by atomic mass is 9.67. The SMILES string of the molecule is CC1=C[C@@H]2CC(C)(C)CC23[C@@H](C)CC[C@@H]13. The molecule has 1 unspecified atom stereocenters. The third-order valence-electron chi connectivity index (χ3n) is 5.72. The van der Waals surface area contributed by atoms with Gasteiger partial charge in [-0.05, 0) is 61.2 Å². The van der Waals surface area contributed by atoms with Crippen molar-refractivity contribution in [3.8, 4) is 0 Å². The highest BCUT2D eigenvalue weighted by Crippen LogP contribution is 2.70. The molecule has 0 bridgehead atoms. The highest BCUT2D eigenvalue weighted by atomic mass is 14.7. The van der Waals surface area contributed by atoms with Gasteiger partial charge in [0.05, 0.1) is 0 Å². The summed E-state index contributed by atoms with van der Waals surface area (Å²) in [7, 11) is 0. The van der Waals surface area contributed by atoms with Crippen molar-refractivity contribution in [3.63, 3.8) is 0 Å². The molecule has 84 valence electrons. The van der Waals surface area contributed by atoms with Crippen molar-refractivity contribution in [2.75, 3.05) is 0 Å². The van der Waals surface area contributed by atoms with Crippen LogP contribution in [0.15, 0.2) is 11.6 Å². The lowest BCUT2D eigenvalue weighted by Crippen LogP contribution is -2.31. The lowest BCUT2D eigenvalue weighted by Gasteiger charge is -2.36. The summed E-state index contributed by atoms with van der Waals surface area (Å²) in [4.78, 5) is 0. The van der Waals surface area contributed by atoms with Gasteiger partial charge in [-0.2, -0.15) is 0 Å². The van der Waals surface area contributed by atoms with E-state index in [1.807, 2.05) is 0 Å². The van der Waals surface area contributed by atoms with Crippen LogP contribution in [-0.4, -0.2) is 0 Å². The first-order valence-corrected chi connectivity index (χ1v) is 6.64. The molecule has 0 heterocycles. The fourth-order valence-electron chi connectivity index (χ4n) is 5.34. The third kappa shape index (κ3) is 1.09. The van der Waals surface area contributed by atoms with E-state index in [9.17, 15) is 0 Å². The van der Waals surface area contributed by atoms with Crippen LogP contribution in [0.1, 0.15) is 53.4 Å². The summed E-state index contributed by atoms with van der Waals surface area (Å²) < 4.78 is 0. The van der Waals surface area contributed by atoms with Gasteiger partial charge in [0.1, 0.15) is 0 Å². The van der Waals surface area contributed by atoms with Crippen molar-refractivity contribution in [2.24, 2.45) is 28.6 Å². The molecule has 4 atom stereocenters. The van der Waals surface area contributed by atoms with Crippen LogP contribution < -0.4 is 0 Å². The van der Waals surface area contributed by atoms with E-state index < -0.39 is 0 Å². The Bertz CT molecular complexity index is 323. The van der Waals surface area contributed by atoms with E-state index >= 15 is 0 Å². The summed E-state index contributed by atoms with van der Waals surface area (Å²) in [5.41, 5.74) is 3.01. The van der Waals surface area contributed by atoms with Crippen LogP contribution in [0.4, 0.5) is 0 Å². The fraction of sp³-hybridized carbons (Fsp3) is 0.867. The molecule has 3 rings (SSSR count). The quantitative estimate of drug-likeness (QED) is 0.513. The molecule has 0 saturated heterocycles. The molecule has 0 nitrogen and oxygen atoms in total. The summed E-state index contributed by atoms with van der Waals surface area (Å²) in [6, 6.07) is 0. The minimum absolute atomic E-state index is 0.596. The van der Waals surface area contributed by atoms with Gasteiger partial charge in [-0.3, -0.25) is 0 Å². The predicted octanol–water partition coefficient (Wildman–Crippen LogP) is 4.42. The van der Waals surface area contributed by atoms with Gasteiger partial charge in [-0.15, -0.1) is 0 Å². The summed E-state index contributed by atoms with van der Waals surface area (Å²) >= 11 is 0. The average molecular weight is 204 g/mol. The summed E-state index contributed by atoms with van der Waals surface area (Å²) in [5, 5.41) is 0. The van der Waals surface area contributed by atoms with Crippen LogP contribution in [0.3, 0.4) is 0 Å². The molecular weight excluding hydrogens is 180 g/mol. The Kier molecular flexibility index (Phi) is 1.79. The molecule has 0 heteroatoms. The molecule has 0 N–H and O–H groups in total. The molecule has 3 aliphatic rings. The van der Waals surface area contributed by atoms with E-state index in [2.05, 4.69) is 33.8 Å². The van der Waals surface area contributed by atoms with Gasteiger partial charge >= 0.3 is 0 Å². The molecular formula is C15H24. The highest BCUT2D eigenvalue weighted by molar-refractivity contribution is 5.28. The van der Waals surface area contributed by atoms with Gasteiger partial charge in [0.25, 0.3) is 0 Å². The highest BCUT2D eigenvalue weighted by Gasteiger charge is 2.61. The van der Waals surface area contributed by atoms with Crippen LogP contribution in [-0.2, 0) is 0 Å². The molecule has 3 aliphatic carbocycles. The van der Waals surface area contributed by atoms with E-state index in [-0.39, 0.29) is 0 Å². The first-order chi connectivity index (χ1) is 6.96. The maximum Gasteiger partial charge on any atom is -0.0138 e. The topological polar surface area (TPSA) is 0 Å². The van der Waals surface area contributed by atoms with Gasteiger partial charge in [0, 0.05) is 0 Å². The summed E-state index contributed by atoms with van der Waals surface area (Å²) in [6.45, 7) is 9.85. The summed E-state index contributed by atoms with van der Waals surface area (Å²) in [5.74, 6) is 2.82. The monoisotopic (exact) mass is 204 g/mol. The zero-order valence-electron chi connectivity index (χ0n) is 10.6. The number of rotatable bonds is 0. The second-order valence-electron chi connectivity index (χ2n) is 7.21. The van der Waals surface area contributed by atoms with E-state index in [4.69, 9.17) is 0 Å². The number of hydrogen-bond acceptors (Lipinski definition) is 0. The molecule has 0 aromatic heterocycles. The number of allylic oxidation sites excluding steroid dienone is 2. The first-order valence-electron chi connectivity index (χ1n) is 6.64. The van der Waals surface area contributed by atoms with Gasteiger partial charge < -0.3 is 0 Å². The number of hydrogen-bond donors (Lipinski definition) is 0. The Labute approximate surface area is 94.1 Å². The maximum absolute atomic E-state index is 2.63. The molecule has 2 saturated carbocycles. The lowest BCUT2D eigenvalue weighted by molar-refractivity contribution is 0.135. The minimum atomic E-state index is 0.596. The Morgan fingerprint density at radius 3 is 2.73 bits per heavy atom. The normalized spacial score (nSPS) is 51.5. The van der Waals surface area contributed by atoms with E-state index in [0.29, 0.717) is 10.8 Å². The van der Waals surface area contributed by atoms with Crippen LogP contribution in [0.5, 0.6) is 0 Å². The third-order valence-corrected chi connectivity index (χ3v) is 5.72. The Balaban J connectivity index is 2.05. The van der Waals surface area contributed by atoms with Crippen molar-refractivity contribution < 1.29 is 0 Å². The largest absolute Gasteiger partial charge is 0.0816 e. The van der Waals surface area contributed by atoms with Crippen molar-refractivity contribution in [1.29, 1.82) is 0 Å². The van der Waals surface area contributed by atoms with Gasteiger partial charge in [-0.25, -0.2) is 0 Å².